The molecule has 0 aliphatic heterocycles. The van der Waals surface area contributed by atoms with Gasteiger partial charge in [-0.25, -0.2) is 19.9 Å². The van der Waals surface area contributed by atoms with Crippen LogP contribution in [0.3, 0.4) is 0 Å². The molecule has 0 N–H and O–H groups in total. The number of nitrogens with zero attached hydrogens (tertiary/aromatic N) is 4. The van der Waals surface area contributed by atoms with E-state index < -0.39 is 0 Å². The molecule has 4 heterocycles. The second-order valence-electron chi connectivity index (χ2n) is 25.4. The Bertz CT molecular complexity index is 4270. The van der Waals surface area contributed by atoms with E-state index in [-0.39, 0.29) is 0 Å². The fourth-order valence-electron chi connectivity index (χ4n) is 14.8. The van der Waals surface area contributed by atoms with Gasteiger partial charge in [-0.1, -0.05) is 220 Å². The average molecular weight is 1140 g/mol. The van der Waals surface area contributed by atoms with Crippen LogP contribution in [0.15, 0.2) is 224 Å². The van der Waals surface area contributed by atoms with E-state index in [9.17, 15) is 0 Å². The largest absolute Gasteiger partial charge is 0.248 e. The number of hydrogen-bond acceptors (Lipinski definition) is 4. The van der Waals surface area contributed by atoms with E-state index in [1.807, 2.05) is 12.1 Å². The molecule has 8 aromatic carbocycles. The van der Waals surface area contributed by atoms with Crippen molar-refractivity contribution in [1.29, 1.82) is 0 Å². The van der Waals surface area contributed by atoms with Crippen LogP contribution in [0.25, 0.3) is 88.6 Å². The molecule has 4 aromatic heterocycles. The topological polar surface area (TPSA) is 51.6 Å². The highest BCUT2D eigenvalue weighted by molar-refractivity contribution is 5.88. The first-order valence-corrected chi connectivity index (χ1v) is 32.7. The number of pyridine rings is 4. The molecular weight excluding hydrogens is 1050 g/mol. The number of hydrogen-bond donors (Lipinski definition) is 0. The van der Waals surface area contributed by atoms with Crippen LogP contribution in [0.4, 0.5) is 0 Å². The second-order valence-corrected chi connectivity index (χ2v) is 25.4. The molecule has 0 atom stereocenters. The monoisotopic (exact) mass is 1130 g/mol. The van der Waals surface area contributed by atoms with Gasteiger partial charge in [-0.05, 0) is 191 Å². The van der Waals surface area contributed by atoms with E-state index in [0.717, 1.165) is 68.5 Å². The van der Waals surface area contributed by atoms with Gasteiger partial charge in [0.05, 0.1) is 44.8 Å². The lowest BCUT2D eigenvalue weighted by atomic mass is 9.93. The number of benzene rings is 8. The Morgan fingerprint density at radius 2 is 0.621 bits per heavy atom. The normalized spacial score (nSPS) is 15.5. The lowest BCUT2D eigenvalue weighted by molar-refractivity contribution is 0.724. The minimum Gasteiger partial charge on any atom is -0.248 e. The standard InChI is InChI=1S/C22H23N.C21H21N.2C20H19N/c1-15-12-16(2)14-18(13-15)21-11-10-20-19(17-6-3-4-7-17)8-5-9-22(20)23-21;1-15-6-4-9-17(14-15)20-13-12-19-18(16-7-2-3-8-16)10-5-11-21(19)22-20;1-2-9-16(10-3-1)19-14-13-18-17(15-7-4-5-8-15)11-6-12-20(18)21-19;1-2-8-16(9-3-1)19-13-11-18-14-17(10-12-20(18)21-19)15-6-4-5-7-15/h5,8-14,17H,3-4,6-7H2,1-2H3;4-6,9-14,16H,2-3,7-8H2,1H3;1-3,6,9-15H,4-5,7-8H2;1-3,8-15H,4-7H2. The molecule has 4 aliphatic rings. The minimum atomic E-state index is 0.729. The van der Waals surface area contributed by atoms with Crippen molar-refractivity contribution >= 4 is 43.6 Å². The van der Waals surface area contributed by atoms with Crippen molar-refractivity contribution in [2.75, 3.05) is 0 Å². The van der Waals surface area contributed by atoms with Gasteiger partial charge in [-0.3, -0.25) is 0 Å². The maximum Gasteiger partial charge on any atom is 0.0712 e. The highest BCUT2D eigenvalue weighted by Gasteiger charge is 2.23. The number of fused-ring (bicyclic) bond motifs is 4. The summed E-state index contributed by atoms with van der Waals surface area (Å²) in [6.45, 7) is 6.42. The predicted molar refractivity (Wildman–Crippen MR) is 368 cm³/mol. The first-order valence-electron chi connectivity index (χ1n) is 32.7. The molecule has 16 rings (SSSR count). The highest BCUT2D eigenvalue weighted by atomic mass is 14.7. The number of aryl methyl sites for hydroxylation is 3. The van der Waals surface area contributed by atoms with Gasteiger partial charge in [0.1, 0.15) is 0 Å². The molecule has 0 amide bonds. The molecule has 0 unspecified atom stereocenters. The van der Waals surface area contributed by atoms with Gasteiger partial charge in [0.25, 0.3) is 0 Å². The van der Waals surface area contributed by atoms with E-state index in [1.165, 1.54) is 185 Å². The fraction of sp³-hybridized carbons (Fsp3) is 0.277. The zero-order valence-electron chi connectivity index (χ0n) is 51.3. The van der Waals surface area contributed by atoms with Crippen LogP contribution in [0.5, 0.6) is 0 Å². The van der Waals surface area contributed by atoms with Crippen molar-refractivity contribution in [3.05, 3.63) is 263 Å². The molecule has 0 spiro atoms. The van der Waals surface area contributed by atoms with E-state index in [1.54, 1.807) is 0 Å². The first kappa shape index (κ1) is 57.5. The SMILES string of the molecule is Cc1cc(C)cc(-c2ccc3c(C4CCCC4)cccc3n2)c1.Cc1cccc(-c2ccc3c(C4CCCC4)cccc3n2)c1.c1ccc(-c2ccc3c(C4CCCC4)cccc3n2)cc1.c1ccc(-c2ccc3cc(C4CCCC4)ccc3n2)cc1. The number of aromatic nitrogens is 4. The van der Waals surface area contributed by atoms with Gasteiger partial charge in [-0.2, -0.15) is 0 Å². The maximum atomic E-state index is 4.96. The van der Waals surface area contributed by atoms with Crippen LogP contribution < -0.4 is 0 Å². The highest BCUT2D eigenvalue weighted by Crippen LogP contribution is 2.41. The summed E-state index contributed by atoms with van der Waals surface area (Å²) in [7, 11) is 0. The van der Waals surface area contributed by atoms with E-state index in [2.05, 4.69) is 233 Å². The summed E-state index contributed by atoms with van der Waals surface area (Å²) in [4.78, 5) is 19.6. The van der Waals surface area contributed by atoms with Crippen LogP contribution in [-0.4, -0.2) is 19.9 Å². The molecule has 4 saturated carbocycles. The minimum absolute atomic E-state index is 0.729. The molecule has 434 valence electrons. The third-order valence-electron chi connectivity index (χ3n) is 19.2. The van der Waals surface area contributed by atoms with Crippen molar-refractivity contribution in [1.82, 2.24) is 19.9 Å². The number of rotatable bonds is 8. The van der Waals surface area contributed by atoms with Gasteiger partial charge in [-0.15, -0.1) is 0 Å². The quantitative estimate of drug-likeness (QED) is 0.152. The lowest BCUT2D eigenvalue weighted by Gasteiger charge is -2.13. The van der Waals surface area contributed by atoms with Crippen molar-refractivity contribution in [2.24, 2.45) is 0 Å². The molecule has 4 fully saturated rings. The zero-order valence-corrected chi connectivity index (χ0v) is 51.3. The Morgan fingerprint density at radius 3 is 1.07 bits per heavy atom. The lowest BCUT2D eigenvalue weighted by Crippen LogP contribution is -1.95. The van der Waals surface area contributed by atoms with Crippen LogP contribution in [0.2, 0.25) is 0 Å². The Morgan fingerprint density at radius 1 is 0.253 bits per heavy atom. The zero-order chi connectivity index (χ0) is 58.9. The van der Waals surface area contributed by atoms with Gasteiger partial charge in [0, 0.05) is 43.8 Å². The van der Waals surface area contributed by atoms with Crippen LogP contribution in [-0.2, 0) is 0 Å². The molecule has 12 aromatic rings. The summed E-state index contributed by atoms with van der Waals surface area (Å²) >= 11 is 0. The van der Waals surface area contributed by atoms with Crippen molar-refractivity contribution in [3.8, 4) is 45.0 Å². The molecule has 4 heteroatoms. The molecule has 4 nitrogen and oxygen atoms in total. The van der Waals surface area contributed by atoms with Crippen molar-refractivity contribution in [2.45, 2.75) is 147 Å². The van der Waals surface area contributed by atoms with E-state index in [0.29, 0.717) is 0 Å². The molecular formula is C83H82N4. The Balaban J connectivity index is 0.000000107. The smallest absolute Gasteiger partial charge is 0.0712 e. The average Bonchev–Trinajstić information content (AvgIpc) is 4.56. The van der Waals surface area contributed by atoms with Gasteiger partial charge >= 0.3 is 0 Å². The summed E-state index contributed by atoms with van der Waals surface area (Å²) in [5, 5.41) is 5.28. The fourth-order valence-corrected chi connectivity index (χ4v) is 14.8. The van der Waals surface area contributed by atoms with Gasteiger partial charge in [0.2, 0.25) is 0 Å². The van der Waals surface area contributed by atoms with Crippen LogP contribution in [0, 0.1) is 20.8 Å². The third kappa shape index (κ3) is 13.5. The summed E-state index contributed by atoms with van der Waals surface area (Å²) in [6, 6.07) is 80.4. The molecule has 87 heavy (non-hydrogen) atoms. The Kier molecular flexibility index (Phi) is 17.8. The second kappa shape index (κ2) is 27.0. The van der Waals surface area contributed by atoms with E-state index >= 15 is 0 Å². The van der Waals surface area contributed by atoms with Gasteiger partial charge in [0.15, 0.2) is 0 Å². The summed E-state index contributed by atoms with van der Waals surface area (Å²) in [5.74, 6) is 2.96. The third-order valence-corrected chi connectivity index (χ3v) is 19.2. The molecule has 0 radical (unpaired) electrons. The predicted octanol–water partition coefficient (Wildman–Crippen LogP) is 23.2. The van der Waals surface area contributed by atoms with Crippen molar-refractivity contribution in [3.63, 3.8) is 0 Å². The summed E-state index contributed by atoms with van der Waals surface area (Å²) in [5.41, 5.74) is 23.4. The maximum absolute atomic E-state index is 4.96. The Hall–Kier alpha value is -8.60. The summed E-state index contributed by atoms with van der Waals surface area (Å²) in [6.07, 6.45) is 21.7. The van der Waals surface area contributed by atoms with Gasteiger partial charge < -0.3 is 0 Å². The molecule has 0 saturated heterocycles. The summed E-state index contributed by atoms with van der Waals surface area (Å²) < 4.78 is 0. The Labute approximate surface area is 516 Å². The van der Waals surface area contributed by atoms with Crippen molar-refractivity contribution < 1.29 is 0 Å². The van der Waals surface area contributed by atoms with Crippen LogP contribution in [0.1, 0.15) is 165 Å². The van der Waals surface area contributed by atoms with E-state index in [4.69, 9.17) is 19.9 Å². The molecule has 4 aliphatic carbocycles. The van der Waals surface area contributed by atoms with Crippen LogP contribution >= 0.6 is 0 Å². The molecule has 0 bridgehead atoms. The first-order chi connectivity index (χ1) is 42.8.